The SMILES string of the molecule is Cc1cc(Br)c2c(c1O)C(=O)O[C@H](C)[C@H]2C. The number of aromatic hydroxyl groups is 1. The van der Waals surface area contributed by atoms with Crippen molar-refractivity contribution in [2.24, 2.45) is 0 Å². The summed E-state index contributed by atoms with van der Waals surface area (Å²) in [5.74, 6) is -0.335. The van der Waals surface area contributed by atoms with Crippen LogP contribution in [0.5, 0.6) is 5.75 Å². The number of fused-ring (bicyclic) bond motifs is 1. The smallest absolute Gasteiger partial charge is 0.342 e. The third-order valence-electron chi connectivity index (χ3n) is 3.14. The van der Waals surface area contributed by atoms with Crippen LogP contribution >= 0.6 is 15.9 Å². The van der Waals surface area contributed by atoms with Crippen molar-refractivity contribution in [3.8, 4) is 5.75 Å². The zero-order valence-corrected chi connectivity index (χ0v) is 11.0. The number of hydrogen-bond donors (Lipinski definition) is 1. The number of aryl methyl sites for hydroxylation is 1. The van der Waals surface area contributed by atoms with Crippen LogP contribution in [0.25, 0.3) is 0 Å². The van der Waals surface area contributed by atoms with E-state index < -0.39 is 5.97 Å². The van der Waals surface area contributed by atoms with E-state index in [1.54, 1.807) is 6.92 Å². The van der Waals surface area contributed by atoms with E-state index >= 15 is 0 Å². The van der Waals surface area contributed by atoms with Crippen LogP contribution in [0.4, 0.5) is 0 Å². The fraction of sp³-hybridized carbons (Fsp3) is 0.417. The summed E-state index contributed by atoms with van der Waals surface area (Å²) in [5.41, 5.74) is 1.81. The molecule has 0 aromatic heterocycles. The Morgan fingerprint density at radius 1 is 1.44 bits per heavy atom. The second kappa shape index (κ2) is 3.77. The molecule has 0 amide bonds. The molecule has 2 atom stereocenters. The Hall–Kier alpha value is -1.03. The summed E-state index contributed by atoms with van der Waals surface area (Å²) >= 11 is 3.44. The first-order valence-corrected chi connectivity index (χ1v) is 5.95. The number of esters is 1. The molecule has 0 spiro atoms. The van der Waals surface area contributed by atoms with Gasteiger partial charge in [0, 0.05) is 10.4 Å². The molecule has 1 aromatic carbocycles. The highest BCUT2D eigenvalue weighted by atomic mass is 79.9. The molecule has 4 heteroatoms. The van der Waals surface area contributed by atoms with E-state index in [4.69, 9.17) is 4.74 Å². The predicted molar refractivity (Wildman–Crippen MR) is 63.8 cm³/mol. The summed E-state index contributed by atoms with van der Waals surface area (Å²) < 4.78 is 6.05. The molecule has 0 unspecified atom stereocenters. The van der Waals surface area contributed by atoms with Crippen molar-refractivity contribution in [2.75, 3.05) is 0 Å². The monoisotopic (exact) mass is 284 g/mol. The van der Waals surface area contributed by atoms with Gasteiger partial charge in [-0.05, 0) is 31.0 Å². The first-order chi connectivity index (χ1) is 7.43. The van der Waals surface area contributed by atoms with Gasteiger partial charge >= 0.3 is 5.97 Å². The minimum Gasteiger partial charge on any atom is -0.507 e. The molecule has 0 aliphatic carbocycles. The highest BCUT2D eigenvalue weighted by Crippen LogP contribution is 2.41. The Kier molecular flexibility index (Phi) is 2.70. The van der Waals surface area contributed by atoms with Crippen LogP contribution in [0.15, 0.2) is 10.5 Å². The number of rotatable bonds is 0. The normalized spacial score (nSPS) is 23.9. The summed E-state index contributed by atoms with van der Waals surface area (Å²) in [4.78, 5) is 11.8. The number of hydrogen-bond acceptors (Lipinski definition) is 3. The lowest BCUT2D eigenvalue weighted by molar-refractivity contribution is 0.0235. The molecule has 86 valence electrons. The van der Waals surface area contributed by atoms with Gasteiger partial charge in [-0.25, -0.2) is 4.79 Å². The molecule has 1 aliphatic heterocycles. The van der Waals surface area contributed by atoms with E-state index in [-0.39, 0.29) is 17.8 Å². The molecule has 1 heterocycles. The molecule has 3 nitrogen and oxygen atoms in total. The predicted octanol–water partition coefficient (Wildman–Crippen LogP) is 3.13. The van der Waals surface area contributed by atoms with E-state index in [2.05, 4.69) is 15.9 Å². The van der Waals surface area contributed by atoms with Crippen molar-refractivity contribution in [2.45, 2.75) is 32.8 Å². The van der Waals surface area contributed by atoms with Gasteiger partial charge in [0.05, 0.1) is 0 Å². The van der Waals surface area contributed by atoms with Gasteiger partial charge in [0.2, 0.25) is 0 Å². The van der Waals surface area contributed by atoms with E-state index in [9.17, 15) is 9.90 Å². The van der Waals surface area contributed by atoms with Gasteiger partial charge in [0.25, 0.3) is 0 Å². The summed E-state index contributed by atoms with van der Waals surface area (Å²) in [6.07, 6.45) is -0.168. The first kappa shape index (κ1) is 11.5. The van der Waals surface area contributed by atoms with Gasteiger partial charge in [0.15, 0.2) is 0 Å². The summed E-state index contributed by atoms with van der Waals surface area (Å²) in [5, 5.41) is 9.92. The molecule has 1 N–H and O–H groups in total. The molecule has 0 radical (unpaired) electrons. The van der Waals surface area contributed by atoms with Gasteiger partial charge in [-0.1, -0.05) is 22.9 Å². The van der Waals surface area contributed by atoms with Gasteiger partial charge in [0.1, 0.15) is 17.4 Å². The quantitative estimate of drug-likeness (QED) is 0.745. The van der Waals surface area contributed by atoms with E-state index in [1.165, 1.54) is 0 Å². The zero-order valence-electron chi connectivity index (χ0n) is 9.37. The second-order valence-corrected chi connectivity index (χ2v) is 5.07. The molecule has 2 rings (SSSR count). The zero-order chi connectivity index (χ0) is 12.0. The maximum Gasteiger partial charge on any atom is 0.342 e. The van der Waals surface area contributed by atoms with Crippen LogP contribution in [0.1, 0.15) is 41.3 Å². The van der Waals surface area contributed by atoms with Crippen molar-refractivity contribution in [1.29, 1.82) is 0 Å². The fourth-order valence-corrected chi connectivity index (χ4v) is 2.90. The van der Waals surface area contributed by atoms with Crippen LogP contribution in [0.2, 0.25) is 0 Å². The maximum atomic E-state index is 11.8. The number of benzene rings is 1. The Morgan fingerprint density at radius 2 is 2.06 bits per heavy atom. The maximum absolute atomic E-state index is 11.8. The fourth-order valence-electron chi connectivity index (χ4n) is 2.00. The molecule has 1 aliphatic rings. The van der Waals surface area contributed by atoms with Crippen molar-refractivity contribution >= 4 is 21.9 Å². The van der Waals surface area contributed by atoms with E-state index in [1.807, 2.05) is 19.9 Å². The largest absolute Gasteiger partial charge is 0.507 e. The standard InChI is InChI=1S/C12H13BrO3/c1-5-4-8(13)9-6(2)7(3)16-12(15)10(9)11(5)14/h4,6-7,14H,1-3H3/t6-,7-/m1/s1. The lowest BCUT2D eigenvalue weighted by Crippen LogP contribution is -2.29. The molecule has 16 heavy (non-hydrogen) atoms. The van der Waals surface area contributed by atoms with Crippen LogP contribution in [0.3, 0.4) is 0 Å². The molecule has 0 bridgehead atoms. The topological polar surface area (TPSA) is 46.5 Å². The Labute approximate surface area is 103 Å². The lowest BCUT2D eigenvalue weighted by atomic mass is 9.88. The van der Waals surface area contributed by atoms with Crippen LogP contribution in [0, 0.1) is 6.92 Å². The van der Waals surface area contributed by atoms with Crippen molar-refractivity contribution in [3.63, 3.8) is 0 Å². The summed E-state index contributed by atoms with van der Waals surface area (Å²) in [7, 11) is 0. The second-order valence-electron chi connectivity index (χ2n) is 4.21. The number of carbonyl (C=O) groups is 1. The van der Waals surface area contributed by atoms with Gasteiger partial charge in [-0.2, -0.15) is 0 Å². The molecular weight excluding hydrogens is 272 g/mol. The van der Waals surface area contributed by atoms with E-state index in [0.29, 0.717) is 11.1 Å². The number of carbonyl (C=O) groups excluding carboxylic acids is 1. The molecule has 0 saturated carbocycles. The minimum absolute atomic E-state index is 0.0296. The molecule has 0 fully saturated rings. The Morgan fingerprint density at radius 3 is 2.69 bits per heavy atom. The average molecular weight is 285 g/mol. The van der Waals surface area contributed by atoms with Crippen molar-refractivity contribution < 1.29 is 14.6 Å². The van der Waals surface area contributed by atoms with Crippen molar-refractivity contribution in [3.05, 3.63) is 27.2 Å². The number of halogens is 1. The highest BCUT2D eigenvalue weighted by molar-refractivity contribution is 9.10. The van der Waals surface area contributed by atoms with Gasteiger partial charge < -0.3 is 9.84 Å². The Bertz CT molecular complexity index is 468. The minimum atomic E-state index is -0.442. The molecular formula is C12H13BrO3. The summed E-state index contributed by atoms with van der Waals surface area (Å²) in [6, 6.07) is 1.83. The molecule has 0 saturated heterocycles. The van der Waals surface area contributed by atoms with Crippen LogP contribution in [-0.2, 0) is 4.74 Å². The number of phenolic OH excluding ortho intramolecular Hbond substituents is 1. The summed E-state index contributed by atoms with van der Waals surface area (Å²) in [6.45, 7) is 5.60. The number of ether oxygens (including phenoxy) is 1. The van der Waals surface area contributed by atoms with Gasteiger partial charge in [-0.15, -0.1) is 0 Å². The third-order valence-corrected chi connectivity index (χ3v) is 3.79. The third kappa shape index (κ3) is 1.52. The van der Waals surface area contributed by atoms with Crippen LogP contribution < -0.4 is 0 Å². The van der Waals surface area contributed by atoms with E-state index in [0.717, 1.165) is 10.0 Å². The van der Waals surface area contributed by atoms with Crippen molar-refractivity contribution in [1.82, 2.24) is 0 Å². The van der Waals surface area contributed by atoms with Crippen LogP contribution in [-0.4, -0.2) is 17.2 Å². The molecule has 1 aromatic rings. The van der Waals surface area contributed by atoms with Gasteiger partial charge in [-0.3, -0.25) is 0 Å². The number of phenols is 1. The average Bonchev–Trinajstić information content (AvgIpc) is 2.20. The lowest BCUT2D eigenvalue weighted by Gasteiger charge is -2.30. The first-order valence-electron chi connectivity index (χ1n) is 5.16. The highest BCUT2D eigenvalue weighted by Gasteiger charge is 2.34. The Balaban J connectivity index is 2.75. The number of cyclic esters (lactones) is 1.